The van der Waals surface area contributed by atoms with Gasteiger partial charge in [-0.3, -0.25) is 19.7 Å². The predicted octanol–water partition coefficient (Wildman–Crippen LogP) is 2.58. The molecule has 13 heteroatoms. The number of aryl methyl sites for hydroxylation is 2. The van der Waals surface area contributed by atoms with Gasteiger partial charge in [0, 0.05) is 38.9 Å². The number of nitro groups is 1. The van der Waals surface area contributed by atoms with Crippen molar-refractivity contribution in [3.8, 4) is 0 Å². The van der Waals surface area contributed by atoms with Crippen LogP contribution in [0.25, 0.3) is 0 Å². The molecule has 0 unspecified atom stereocenters. The van der Waals surface area contributed by atoms with E-state index in [0.29, 0.717) is 24.3 Å². The fourth-order valence-electron chi connectivity index (χ4n) is 3.47. The van der Waals surface area contributed by atoms with E-state index in [1.807, 2.05) is 19.0 Å². The summed E-state index contributed by atoms with van der Waals surface area (Å²) in [5.41, 5.74) is -0.0123. The smallest absolute Gasteiger partial charge is 0.407 e. The summed E-state index contributed by atoms with van der Waals surface area (Å²) in [7, 11) is 5.61. The third-order valence-corrected chi connectivity index (χ3v) is 5.13. The number of rotatable bonds is 12. The van der Waals surface area contributed by atoms with E-state index in [1.54, 1.807) is 44.6 Å². The van der Waals surface area contributed by atoms with Crippen LogP contribution in [0.3, 0.4) is 0 Å². The van der Waals surface area contributed by atoms with Crippen molar-refractivity contribution in [2.24, 2.45) is 7.05 Å². The Balaban J connectivity index is 2.02. The van der Waals surface area contributed by atoms with Crippen molar-refractivity contribution in [3.05, 3.63) is 46.0 Å². The average Bonchev–Trinajstić information content (AvgIpc) is 3.36. The molecule has 2 rings (SSSR count). The monoisotopic (exact) mass is 519 g/mol. The lowest BCUT2D eigenvalue weighted by Crippen LogP contribution is -2.33. The Labute approximate surface area is 216 Å². The molecule has 204 valence electrons. The molecule has 2 aromatic heterocycles. The topological polar surface area (TPSA) is 153 Å². The summed E-state index contributed by atoms with van der Waals surface area (Å²) in [6, 6.07) is 2.74. The molecular weight excluding hydrogens is 482 g/mol. The maximum absolute atomic E-state index is 13.0. The van der Waals surface area contributed by atoms with Gasteiger partial charge in [0.25, 0.3) is 17.5 Å². The Morgan fingerprint density at radius 2 is 1.70 bits per heavy atom. The highest BCUT2D eigenvalue weighted by Gasteiger charge is 2.21. The number of hydrogen-bond acceptors (Lipinski definition) is 7. The third-order valence-electron chi connectivity index (χ3n) is 5.13. The summed E-state index contributed by atoms with van der Waals surface area (Å²) >= 11 is 0. The van der Waals surface area contributed by atoms with Gasteiger partial charge in [0.15, 0.2) is 0 Å². The van der Waals surface area contributed by atoms with Crippen LogP contribution < -0.4 is 16.0 Å². The fraction of sp³-hybridized carbons (Fsp3) is 0.542. The summed E-state index contributed by atoms with van der Waals surface area (Å²) < 4.78 is 8.24. The highest BCUT2D eigenvalue weighted by Crippen LogP contribution is 2.20. The molecule has 0 fully saturated rings. The van der Waals surface area contributed by atoms with Crippen LogP contribution in [0.5, 0.6) is 0 Å². The van der Waals surface area contributed by atoms with Gasteiger partial charge in [-0.25, -0.2) is 4.79 Å². The van der Waals surface area contributed by atoms with Crippen LogP contribution in [0.2, 0.25) is 0 Å². The number of carbonyl (C=O) groups is 3. The van der Waals surface area contributed by atoms with E-state index < -0.39 is 22.5 Å². The lowest BCUT2D eigenvalue weighted by molar-refractivity contribution is -0.384. The van der Waals surface area contributed by atoms with Gasteiger partial charge in [-0.1, -0.05) is 0 Å². The van der Waals surface area contributed by atoms with Crippen molar-refractivity contribution in [2.75, 3.05) is 39.0 Å². The minimum Gasteiger partial charge on any atom is -0.444 e. The van der Waals surface area contributed by atoms with Crippen LogP contribution in [0.4, 0.5) is 16.2 Å². The number of alkyl carbamates (subject to hydrolysis) is 1. The van der Waals surface area contributed by atoms with Crippen molar-refractivity contribution in [1.82, 2.24) is 24.7 Å². The largest absolute Gasteiger partial charge is 0.444 e. The van der Waals surface area contributed by atoms with E-state index in [4.69, 9.17) is 4.74 Å². The van der Waals surface area contributed by atoms with Crippen LogP contribution in [0.1, 0.15) is 54.6 Å². The molecule has 0 spiro atoms. The van der Waals surface area contributed by atoms with Crippen molar-refractivity contribution in [2.45, 2.75) is 45.8 Å². The van der Waals surface area contributed by atoms with Gasteiger partial charge in [-0.05, 0) is 60.3 Å². The summed E-state index contributed by atoms with van der Waals surface area (Å²) in [5.74, 6) is -0.824. The maximum Gasteiger partial charge on any atom is 0.407 e. The Kier molecular flexibility index (Phi) is 10.2. The SMILES string of the molecule is CN(C)CCCNC(=O)c1cc(NC(=O)c2cc([N+](=O)[O-])cn2CCCNC(=O)OC(C)(C)C)cn1C. The van der Waals surface area contributed by atoms with Crippen LogP contribution in [0, 0.1) is 10.1 Å². The number of nitrogens with zero attached hydrogens (tertiary/aromatic N) is 4. The summed E-state index contributed by atoms with van der Waals surface area (Å²) in [5, 5.41) is 19.5. The molecule has 2 heterocycles. The van der Waals surface area contributed by atoms with Gasteiger partial charge < -0.3 is 34.7 Å². The fourth-order valence-corrected chi connectivity index (χ4v) is 3.47. The van der Waals surface area contributed by atoms with E-state index in [-0.39, 0.29) is 30.4 Å². The zero-order chi connectivity index (χ0) is 27.8. The summed E-state index contributed by atoms with van der Waals surface area (Å²) in [6.07, 6.45) is 3.52. The van der Waals surface area contributed by atoms with Gasteiger partial charge in [0.1, 0.15) is 17.0 Å². The minimum absolute atomic E-state index is 0.0857. The van der Waals surface area contributed by atoms with Crippen LogP contribution in [0.15, 0.2) is 24.5 Å². The molecule has 0 bridgehead atoms. The molecule has 13 nitrogen and oxygen atoms in total. The Hall–Kier alpha value is -3.87. The van der Waals surface area contributed by atoms with Gasteiger partial charge in [0.05, 0.1) is 16.8 Å². The zero-order valence-electron chi connectivity index (χ0n) is 22.3. The number of amides is 3. The van der Waals surface area contributed by atoms with E-state index in [2.05, 4.69) is 16.0 Å². The molecule has 0 saturated heterocycles. The number of nitrogens with one attached hydrogen (secondary N) is 3. The lowest BCUT2D eigenvalue weighted by atomic mass is 10.2. The van der Waals surface area contributed by atoms with Gasteiger partial charge in [-0.15, -0.1) is 0 Å². The van der Waals surface area contributed by atoms with E-state index >= 15 is 0 Å². The Bertz CT molecular complexity index is 1110. The number of carbonyl (C=O) groups excluding carboxylic acids is 3. The first-order valence-electron chi connectivity index (χ1n) is 12.0. The summed E-state index contributed by atoms with van der Waals surface area (Å²) in [6.45, 7) is 7.14. The second-order valence-corrected chi connectivity index (χ2v) is 9.91. The maximum atomic E-state index is 13.0. The molecule has 37 heavy (non-hydrogen) atoms. The van der Waals surface area contributed by atoms with Gasteiger partial charge in [0.2, 0.25) is 0 Å². The minimum atomic E-state index is -0.625. The molecule has 3 N–H and O–H groups in total. The zero-order valence-corrected chi connectivity index (χ0v) is 22.3. The molecular formula is C24H37N7O6. The van der Waals surface area contributed by atoms with Crippen LogP contribution in [-0.2, 0) is 18.3 Å². The number of aromatic nitrogens is 2. The molecule has 0 aromatic carbocycles. The summed E-state index contributed by atoms with van der Waals surface area (Å²) in [4.78, 5) is 50.0. The van der Waals surface area contributed by atoms with Crippen LogP contribution >= 0.6 is 0 Å². The van der Waals surface area contributed by atoms with Crippen molar-refractivity contribution >= 4 is 29.3 Å². The molecule has 3 amide bonds. The Morgan fingerprint density at radius 3 is 2.32 bits per heavy atom. The van der Waals surface area contributed by atoms with Gasteiger partial charge >= 0.3 is 6.09 Å². The first-order valence-corrected chi connectivity index (χ1v) is 12.0. The lowest BCUT2D eigenvalue weighted by Gasteiger charge is -2.19. The first-order chi connectivity index (χ1) is 17.3. The highest BCUT2D eigenvalue weighted by atomic mass is 16.6. The highest BCUT2D eigenvalue weighted by molar-refractivity contribution is 6.04. The second-order valence-electron chi connectivity index (χ2n) is 9.91. The molecule has 2 aromatic rings. The van der Waals surface area contributed by atoms with Crippen LogP contribution in [-0.4, -0.2) is 76.2 Å². The Morgan fingerprint density at radius 1 is 1.03 bits per heavy atom. The number of hydrogen-bond donors (Lipinski definition) is 3. The van der Waals surface area contributed by atoms with E-state index in [0.717, 1.165) is 13.0 Å². The van der Waals surface area contributed by atoms with E-state index in [1.165, 1.54) is 16.8 Å². The normalized spacial score (nSPS) is 11.3. The van der Waals surface area contributed by atoms with E-state index in [9.17, 15) is 24.5 Å². The molecule has 0 aliphatic heterocycles. The predicted molar refractivity (Wildman–Crippen MR) is 139 cm³/mol. The first kappa shape index (κ1) is 29.4. The second kappa shape index (κ2) is 12.9. The van der Waals surface area contributed by atoms with Crippen molar-refractivity contribution in [1.29, 1.82) is 0 Å². The quantitative estimate of drug-likeness (QED) is 0.221. The number of ether oxygens (including phenoxy) is 1. The average molecular weight is 520 g/mol. The molecule has 0 saturated carbocycles. The molecule has 0 radical (unpaired) electrons. The molecule has 0 aliphatic carbocycles. The van der Waals surface area contributed by atoms with Crippen molar-refractivity contribution in [3.63, 3.8) is 0 Å². The number of anilines is 1. The molecule has 0 atom stereocenters. The third kappa shape index (κ3) is 9.60. The van der Waals surface area contributed by atoms with Crippen molar-refractivity contribution < 1.29 is 24.0 Å². The standard InChI is InChI=1S/C24H37N7O6/c1-24(2,3)37-23(34)26-10-8-12-30-16-18(31(35)36)14-20(30)22(33)27-17-13-19(29(6)15-17)21(32)25-9-7-11-28(4)5/h13-16H,7-12H2,1-6H3,(H,25,32)(H,26,34)(H,27,33). The van der Waals surface area contributed by atoms with Gasteiger partial charge in [-0.2, -0.15) is 0 Å². The molecule has 0 aliphatic rings.